The van der Waals surface area contributed by atoms with E-state index in [2.05, 4.69) is 20.5 Å². The van der Waals surface area contributed by atoms with Gasteiger partial charge in [0.15, 0.2) is 11.5 Å². The van der Waals surface area contributed by atoms with Gasteiger partial charge in [0.2, 0.25) is 0 Å². The number of nitrogens with two attached hydrogens (primary N) is 1. The molecule has 1 unspecified atom stereocenters. The highest BCUT2D eigenvalue weighted by Gasteiger charge is 2.28. The molecule has 0 aliphatic carbocycles. The Hall–Kier alpha value is -1.73. The van der Waals surface area contributed by atoms with E-state index in [1.807, 2.05) is 19.0 Å². The first-order valence-corrected chi connectivity index (χ1v) is 5.88. The first kappa shape index (κ1) is 12.7. The highest BCUT2D eigenvalue weighted by molar-refractivity contribution is 5.92. The molecule has 1 amide bonds. The van der Waals surface area contributed by atoms with Crippen molar-refractivity contribution < 1.29 is 4.79 Å². The van der Waals surface area contributed by atoms with Crippen molar-refractivity contribution in [2.75, 3.05) is 32.6 Å². The Balaban J connectivity index is 2.03. The molecule has 7 nitrogen and oxygen atoms in total. The molecule has 2 heterocycles. The number of amides is 1. The van der Waals surface area contributed by atoms with Gasteiger partial charge in [0.05, 0.1) is 0 Å². The molecule has 1 aromatic heterocycles. The molecule has 0 spiro atoms. The van der Waals surface area contributed by atoms with E-state index < -0.39 is 0 Å². The van der Waals surface area contributed by atoms with E-state index in [4.69, 9.17) is 5.84 Å². The van der Waals surface area contributed by atoms with Crippen LogP contribution in [-0.2, 0) is 0 Å². The van der Waals surface area contributed by atoms with Gasteiger partial charge in [0.25, 0.3) is 5.91 Å². The molecular weight excluding hydrogens is 232 g/mol. The Morgan fingerprint density at radius 3 is 2.78 bits per heavy atom. The quantitative estimate of drug-likeness (QED) is 0.557. The minimum atomic E-state index is -0.0737. The van der Waals surface area contributed by atoms with Gasteiger partial charge in [0, 0.05) is 19.1 Å². The van der Waals surface area contributed by atoms with Crippen molar-refractivity contribution in [3.05, 3.63) is 17.8 Å². The van der Waals surface area contributed by atoms with Crippen LogP contribution in [0.4, 0.5) is 5.82 Å². The summed E-state index contributed by atoms with van der Waals surface area (Å²) in [5, 5.41) is 7.67. The Morgan fingerprint density at radius 1 is 1.50 bits per heavy atom. The molecule has 1 saturated heterocycles. The van der Waals surface area contributed by atoms with E-state index in [-0.39, 0.29) is 5.91 Å². The van der Waals surface area contributed by atoms with E-state index in [9.17, 15) is 4.79 Å². The lowest BCUT2D eigenvalue weighted by atomic mass is 10.2. The van der Waals surface area contributed by atoms with Gasteiger partial charge in [-0.15, -0.1) is 10.2 Å². The maximum absolute atomic E-state index is 12.2. The van der Waals surface area contributed by atoms with Gasteiger partial charge >= 0.3 is 0 Å². The van der Waals surface area contributed by atoms with Crippen molar-refractivity contribution in [1.29, 1.82) is 0 Å². The Morgan fingerprint density at radius 2 is 2.28 bits per heavy atom. The van der Waals surface area contributed by atoms with Gasteiger partial charge in [0.1, 0.15) is 0 Å². The number of likely N-dealkylation sites (tertiary alicyclic amines) is 1. The molecule has 0 radical (unpaired) electrons. The van der Waals surface area contributed by atoms with Crippen molar-refractivity contribution in [1.82, 2.24) is 20.0 Å². The van der Waals surface area contributed by atoms with Crippen LogP contribution < -0.4 is 11.3 Å². The summed E-state index contributed by atoms with van der Waals surface area (Å²) in [6.07, 6.45) is 0.995. The van der Waals surface area contributed by atoms with E-state index in [0.717, 1.165) is 19.5 Å². The van der Waals surface area contributed by atoms with E-state index in [1.54, 1.807) is 12.1 Å². The molecule has 0 saturated carbocycles. The third-order valence-electron chi connectivity index (χ3n) is 3.21. The van der Waals surface area contributed by atoms with Crippen molar-refractivity contribution in [2.24, 2.45) is 5.84 Å². The average molecular weight is 250 g/mol. The third kappa shape index (κ3) is 2.57. The molecule has 1 atom stereocenters. The molecule has 98 valence electrons. The van der Waals surface area contributed by atoms with Gasteiger partial charge in [-0.3, -0.25) is 4.79 Å². The number of hydrazine groups is 1. The fourth-order valence-corrected chi connectivity index (χ4v) is 2.03. The van der Waals surface area contributed by atoms with Crippen LogP contribution in [0.5, 0.6) is 0 Å². The third-order valence-corrected chi connectivity index (χ3v) is 3.21. The molecule has 3 N–H and O–H groups in total. The van der Waals surface area contributed by atoms with Crippen LogP contribution in [-0.4, -0.2) is 59.1 Å². The lowest BCUT2D eigenvalue weighted by Gasteiger charge is -2.20. The van der Waals surface area contributed by atoms with Crippen molar-refractivity contribution in [2.45, 2.75) is 12.5 Å². The minimum Gasteiger partial charge on any atom is -0.336 e. The zero-order chi connectivity index (χ0) is 13.1. The lowest BCUT2D eigenvalue weighted by Crippen LogP contribution is -2.34. The van der Waals surface area contributed by atoms with Crippen molar-refractivity contribution in [3.8, 4) is 0 Å². The zero-order valence-corrected chi connectivity index (χ0v) is 10.6. The first-order chi connectivity index (χ1) is 8.61. The van der Waals surface area contributed by atoms with E-state index in [1.165, 1.54) is 0 Å². The molecule has 1 aliphatic rings. The summed E-state index contributed by atoms with van der Waals surface area (Å²) in [5.74, 6) is 5.57. The standard InChI is InChI=1S/C11H18N6O/c1-16(2)8-5-6-17(7-8)11(18)9-3-4-10(13-12)15-14-9/h3-4,8H,5-7,12H2,1-2H3,(H,13,15). The molecule has 7 heteroatoms. The average Bonchev–Trinajstić information content (AvgIpc) is 2.88. The fraction of sp³-hybridized carbons (Fsp3) is 0.545. The van der Waals surface area contributed by atoms with Crippen LogP contribution in [0, 0.1) is 0 Å². The number of hydrogen-bond donors (Lipinski definition) is 2. The number of nitrogen functional groups attached to an aromatic ring is 1. The van der Waals surface area contributed by atoms with Gasteiger partial charge in [-0.2, -0.15) is 0 Å². The predicted octanol–water partition coefficient (Wildman–Crippen LogP) is -0.462. The van der Waals surface area contributed by atoms with Gasteiger partial charge < -0.3 is 15.2 Å². The van der Waals surface area contributed by atoms with Gasteiger partial charge in [-0.1, -0.05) is 0 Å². The predicted molar refractivity (Wildman–Crippen MR) is 67.8 cm³/mol. The first-order valence-electron chi connectivity index (χ1n) is 5.88. The minimum absolute atomic E-state index is 0.0737. The van der Waals surface area contributed by atoms with Crippen LogP contribution in [0.15, 0.2) is 12.1 Å². The molecule has 1 fully saturated rings. The summed E-state index contributed by atoms with van der Waals surface area (Å²) in [7, 11) is 4.06. The summed E-state index contributed by atoms with van der Waals surface area (Å²) >= 11 is 0. The summed E-state index contributed by atoms with van der Waals surface area (Å²) in [5.41, 5.74) is 2.73. The number of nitrogens with one attached hydrogen (secondary N) is 1. The normalized spacial score (nSPS) is 19.3. The molecule has 1 aliphatic heterocycles. The smallest absolute Gasteiger partial charge is 0.274 e. The monoisotopic (exact) mass is 250 g/mol. The molecule has 18 heavy (non-hydrogen) atoms. The molecular formula is C11H18N6O. The topological polar surface area (TPSA) is 87.4 Å². The van der Waals surface area contributed by atoms with Crippen LogP contribution in [0.3, 0.4) is 0 Å². The number of likely N-dealkylation sites (N-methyl/N-ethyl adjacent to an activating group) is 1. The second-order valence-electron chi connectivity index (χ2n) is 4.61. The van der Waals surface area contributed by atoms with Crippen molar-refractivity contribution in [3.63, 3.8) is 0 Å². The van der Waals surface area contributed by atoms with E-state index in [0.29, 0.717) is 17.6 Å². The van der Waals surface area contributed by atoms with E-state index >= 15 is 0 Å². The van der Waals surface area contributed by atoms with Crippen LogP contribution in [0.1, 0.15) is 16.9 Å². The maximum Gasteiger partial charge on any atom is 0.274 e. The fourth-order valence-electron chi connectivity index (χ4n) is 2.03. The Labute approximate surface area is 106 Å². The lowest BCUT2D eigenvalue weighted by molar-refractivity contribution is 0.0776. The zero-order valence-electron chi connectivity index (χ0n) is 10.6. The van der Waals surface area contributed by atoms with Crippen LogP contribution in [0.2, 0.25) is 0 Å². The number of anilines is 1. The number of aromatic nitrogens is 2. The second kappa shape index (κ2) is 5.28. The molecule has 1 aromatic rings. The number of carbonyl (C=O) groups excluding carboxylic acids is 1. The van der Waals surface area contributed by atoms with Gasteiger partial charge in [-0.05, 0) is 32.6 Å². The molecule has 2 rings (SSSR count). The number of nitrogens with zero attached hydrogens (tertiary/aromatic N) is 4. The Bertz CT molecular complexity index is 418. The molecule has 0 aromatic carbocycles. The van der Waals surface area contributed by atoms with Crippen molar-refractivity contribution >= 4 is 11.7 Å². The summed E-state index contributed by atoms with van der Waals surface area (Å²) in [6, 6.07) is 3.69. The molecule has 0 bridgehead atoms. The number of carbonyl (C=O) groups is 1. The summed E-state index contributed by atoms with van der Waals surface area (Å²) < 4.78 is 0. The number of hydrogen-bond acceptors (Lipinski definition) is 6. The summed E-state index contributed by atoms with van der Waals surface area (Å²) in [4.78, 5) is 16.1. The van der Waals surface area contributed by atoms with Gasteiger partial charge in [-0.25, -0.2) is 5.84 Å². The second-order valence-corrected chi connectivity index (χ2v) is 4.61. The SMILES string of the molecule is CN(C)C1CCN(C(=O)c2ccc(NN)nn2)C1. The Kier molecular flexibility index (Phi) is 3.73. The van der Waals surface area contributed by atoms with Crippen LogP contribution in [0.25, 0.3) is 0 Å². The maximum atomic E-state index is 12.2. The highest BCUT2D eigenvalue weighted by Crippen LogP contribution is 2.15. The van der Waals surface area contributed by atoms with Crippen LogP contribution >= 0.6 is 0 Å². The highest BCUT2D eigenvalue weighted by atomic mass is 16.2. The summed E-state index contributed by atoms with van der Waals surface area (Å²) in [6.45, 7) is 1.50. The number of rotatable bonds is 3. The largest absolute Gasteiger partial charge is 0.336 e.